The third-order valence-electron chi connectivity index (χ3n) is 11.4. The molecule has 2 aliphatic heterocycles. The Morgan fingerprint density at radius 1 is 0.746 bits per heavy atom. The summed E-state index contributed by atoms with van der Waals surface area (Å²) in [6, 6.07) is -9.72. The fraction of sp³-hybridized carbons (Fsp3) is 0.634. The van der Waals surface area contributed by atoms with E-state index in [2.05, 4.69) is 51.9 Å². The Balaban J connectivity index is 1.79. The maximum absolute atomic E-state index is 13.9. The number of hydrogen-bond donors (Lipinski definition) is 15. The van der Waals surface area contributed by atoms with Crippen molar-refractivity contribution >= 4 is 71.1 Å². The van der Waals surface area contributed by atoms with Gasteiger partial charge in [-0.1, -0.05) is 0 Å². The second kappa shape index (κ2) is 28.8. The molecule has 0 aromatic carbocycles. The maximum atomic E-state index is 13.9. The number of amides is 8. The minimum absolute atomic E-state index is 0.00354. The second-order valence-electron chi connectivity index (χ2n) is 16.8. The first-order valence-electron chi connectivity index (χ1n) is 22.9. The van der Waals surface area contributed by atoms with Crippen LogP contribution in [0.3, 0.4) is 0 Å². The summed E-state index contributed by atoms with van der Waals surface area (Å²) in [5.41, 5.74) is 27.6. The Labute approximate surface area is 407 Å². The third kappa shape index (κ3) is 19.0. The fourth-order valence-corrected chi connectivity index (χ4v) is 7.84. The van der Waals surface area contributed by atoms with Crippen molar-refractivity contribution in [3.63, 3.8) is 0 Å². The molecule has 2 saturated heterocycles. The van der Waals surface area contributed by atoms with Crippen molar-refractivity contribution in [3.8, 4) is 0 Å². The van der Waals surface area contributed by atoms with Crippen LogP contribution in [0.2, 0.25) is 0 Å². The van der Waals surface area contributed by atoms with Crippen LogP contribution < -0.4 is 60.6 Å². The number of aromatic nitrogens is 2. The molecule has 30 heteroatoms. The number of H-pyrrole nitrogens is 1. The van der Waals surface area contributed by atoms with E-state index < -0.39 is 127 Å². The molecule has 8 amide bonds. The van der Waals surface area contributed by atoms with Crippen molar-refractivity contribution in [3.05, 3.63) is 18.2 Å². The molecule has 394 valence electrons. The summed E-state index contributed by atoms with van der Waals surface area (Å²) in [5, 5.41) is 44.6. The highest BCUT2D eigenvalue weighted by Crippen LogP contribution is 2.20. The minimum Gasteiger partial charge on any atom is -0.481 e. The highest BCUT2D eigenvalue weighted by molar-refractivity contribution is 5.98. The van der Waals surface area contributed by atoms with E-state index >= 15 is 0 Å². The molecular formula is C41H67N17O13. The molecule has 30 nitrogen and oxygen atoms in total. The largest absolute Gasteiger partial charge is 0.481 e. The number of imidazole rings is 1. The minimum atomic E-state index is -1.82. The number of rotatable bonds is 29. The van der Waals surface area contributed by atoms with Gasteiger partial charge in [-0.25, -0.2) is 9.78 Å². The number of aliphatic hydroxyl groups is 1. The second-order valence-corrected chi connectivity index (χ2v) is 16.8. The number of nitrogens with two attached hydrogens (primary N) is 5. The molecule has 20 N–H and O–H groups in total. The topological polar surface area (TPSA) is 494 Å². The SMILES string of the molecule is C[C@@H](O)[C@H](NC(=O)[C@H](CCC(=O)O)NC(=O)[C@H](CCCN=C(N)N)NC(=O)CNC(=O)[C@H](CCCN=C(N)N)NC(=O)[C@@H]1CCCN1C(=O)CN)C(=O)N[C@@H](Cc1cnc[nH]1)C(=O)N1CCC[C@H]1C(=O)O. The van der Waals surface area contributed by atoms with E-state index in [1.807, 2.05) is 0 Å². The van der Waals surface area contributed by atoms with E-state index in [1.165, 1.54) is 17.4 Å². The Morgan fingerprint density at radius 3 is 1.86 bits per heavy atom. The number of nitrogens with zero attached hydrogens (tertiary/aromatic N) is 5. The van der Waals surface area contributed by atoms with Crippen LogP contribution >= 0.6 is 0 Å². The molecule has 2 aliphatic rings. The van der Waals surface area contributed by atoms with Crippen LogP contribution in [-0.2, 0) is 54.4 Å². The first-order chi connectivity index (χ1) is 33.6. The summed E-state index contributed by atoms with van der Waals surface area (Å²) in [4.78, 5) is 148. The molecule has 8 atom stereocenters. The average molecular weight is 1010 g/mol. The van der Waals surface area contributed by atoms with E-state index in [9.17, 15) is 63.3 Å². The van der Waals surface area contributed by atoms with Gasteiger partial charge in [-0.15, -0.1) is 0 Å². The van der Waals surface area contributed by atoms with Gasteiger partial charge in [-0.2, -0.15) is 0 Å². The van der Waals surface area contributed by atoms with Gasteiger partial charge in [0.2, 0.25) is 47.3 Å². The van der Waals surface area contributed by atoms with Gasteiger partial charge in [0.25, 0.3) is 0 Å². The first kappa shape index (κ1) is 57.7. The van der Waals surface area contributed by atoms with Crippen molar-refractivity contribution in [1.29, 1.82) is 0 Å². The number of carboxylic acid groups (broad SMARTS) is 2. The molecule has 1 aromatic heterocycles. The Morgan fingerprint density at radius 2 is 1.31 bits per heavy atom. The summed E-state index contributed by atoms with van der Waals surface area (Å²) in [7, 11) is 0. The highest BCUT2D eigenvalue weighted by Gasteiger charge is 2.40. The molecule has 3 rings (SSSR count). The zero-order valence-corrected chi connectivity index (χ0v) is 39.3. The summed E-state index contributed by atoms with van der Waals surface area (Å²) >= 11 is 0. The summed E-state index contributed by atoms with van der Waals surface area (Å²) in [5.74, 6) is -9.97. The molecule has 0 radical (unpaired) electrons. The monoisotopic (exact) mass is 1010 g/mol. The van der Waals surface area contributed by atoms with Gasteiger partial charge < -0.3 is 90.7 Å². The number of carboxylic acids is 2. The van der Waals surface area contributed by atoms with Crippen LogP contribution in [0.25, 0.3) is 0 Å². The third-order valence-corrected chi connectivity index (χ3v) is 11.4. The Bertz CT molecular complexity index is 2100. The zero-order chi connectivity index (χ0) is 52.8. The lowest BCUT2D eigenvalue weighted by atomic mass is 10.0. The van der Waals surface area contributed by atoms with E-state index in [1.54, 1.807) is 0 Å². The molecular weight excluding hydrogens is 939 g/mol. The van der Waals surface area contributed by atoms with Crippen LogP contribution in [0.4, 0.5) is 0 Å². The lowest BCUT2D eigenvalue weighted by Crippen LogP contribution is -2.61. The lowest BCUT2D eigenvalue weighted by molar-refractivity contribution is -0.149. The van der Waals surface area contributed by atoms with Crippen LogP contribution in [0.15, 0.2) is 22.5 Å². The van der Waals surface area contributed by atoms with Crippen LogP contribution in [-0.4, -0.2) is 194 Å². The zero-order valence-electron chi connectivity index (χ0n) is 39.3. The van der Waals surface area contributed by atoms with Gasteiger partial charge in [-0.05, 0) is 64.7 Å². The molecule has 0 aliphatic carbocycles. The highest BCUT2D eigenvalue weighted by atomic mass is 16.4. The predicted molar refractivity (Wildman–Crippen MR) is 249 cm³/mol. The summed E-state index contributed by atoms with van der Waals surface area (Å²) in [6.07, 6.45) is 1.07. The molecule has 71 heavy (non-hydrogen) atoms. The number of carbonyl (C=O) groups is 10. The molecule has 1 aromatic rings. The number of aromatic amines is 1. The van der Waals surface area contributed by atoms with E-state index in [4.69, 9.17) is 28.7 Å². The Kier molecular flexibility index (Phi) is 23.4. The number of aliphatic hydroxyl groups excluding tert-OH is 1. The quantitative estimate of drug-likeness (QED) is 0.0201. The lowest BCUT2D eigenvalue weighted by Gasteiger charge is -2.30. The first-order valence-corrected chi connectivity index (χ1v) is 22.9. The van der Waals surface area contributed by atoms with Gasteiger partial charge in [0.05, 0.1) is 25.5 Å². The van der Waals surface area contributed by atoms with Crippen molar-refractivity contribution in [2.45, 2.75) is 126 Å². The standard InChI is InChI=1S/C41H67N17O13/c1-21(59)32(37(68)55-26(16-22-18-47-20-51-22)38(69)58-15-5-9-28(58)39(70)71)56-35(66)25(10-11-31(62)63)53-34(65)24(7-3-13-49-41(45)46)52-29(60)19-50-33(64)23(6-2-12-48-40(43)44)54-36(67)27-8-4-14-57(27)30(61)17-42/h18,20-21,23-28,32,59H,2-17,19,42H2,1H3,(H,47,51)(H,50,64)(H,52,60)(H,53,65)(H,54,67)(H,55,68)(H,56,66)(H,62,63)(H,70,71)(H4,43,44,48)(H4,45,46,49)/t21-,23+,24+,25+,26+,27+,28+,32+/m1/s1. The van der Waals surface area contributed by atoms with Gasteiger partial charge in [0.15, 0.2) is 11.9 Å². The number of guanidine groups is 2. The van der Waals surface area contributed by atoms with Gasteiger partial charge >= 0.3 is 11.9 Å². The van der Waals surface area contributed by atoms with Crippen LogP contribution in [0, 0.1) is 0 Å². The number of aliphatic imine (C=N–C) groups is 2. The maximum Gasteiger partial charge on any atom is 0.326 e. The predicted octanol–water partition coefficient (Wildman–Crippen LogP) is -7.13. The van der Waals surface area contributed by atoms with Crippen molar-refractivity contribution in [2.75, 3.05) is 39.3 Å². The van der Waals surface area contributed by atoms with Crippen LogP contribution in [0.5, 0.6) is 0 Å². The number of aliphatic carboxylic acids is 2. The van der Waals surface area contributed by atoms with Crippen molar-refractivity contribution in [1.82, 2.24) is 51.7 Å². The molecule has 2 fully saturated rings. The molecule has 0 bridgehead atoms. The molecule has 3 heterocycles. The molecule has 0 spiro atoms. The van der Waals surface area contributed by atoms with E-state index in [-0.39, 0.29) is 83.2 Å². The van der Waals surface area contributed by atoms with Crippen molar-refractivity contribution in [2.24, 2.45) is 38.7 Å². The van der Waals surface area contributed by atoms with Gasteiger partial charge in [-0.3, -0.25) is 53.1 Å². The number of carbonyl (C=O) groups excluding carboxylic acids is 8. The smallest absolute Gasteiger partial charge is 0.326 e. The normalized spacial score (nSPS) is 17.7. The van der Waals surface area contributed by atoms with Gasteiger partial charge in [0, 0.05) is 50.9 Å². The number of nitrogens with one attached hydrogen (secondary N) is 7. The molecule has 0 saturated carbocycles. The molecule has 0 unspecified atom stereocenters. The van der Waals surface area contributed by atoms with E-state index in [0.29, 0.717) is 25.0 Å². The number of hydrogen-bond acceptors (Lipinski definition) is 15. The Hall–Kier alpha value is -7.63. The number of likely N-dealkylation sites (tertiary alicyclic amines) is 2. The van der Waals surface area contributed by atoms with E-state index in [0.717, 1.165) is 11.8 Å². The average Bonchev–Trinajstić information content (AvgIpc) is 4.13. The van der Waals surface area contributed by atoms with Crippen molar-refractivity contribution < 1.29 is 63.3 Å². The fourth-order valence-electron chi connectivity index (χ4n) is 7.84. The summed E-state index contributed by atoms with van der Waals surface area (Å²) < 4.78 is 0. The summed E-state index contributed by atoms with van der Waals surface area (Å²) in [6.45, 7) is 0.497. The van der Waals surface area contributed by atoms with Crippen LogP contribution in [0.1, 0.15) is 76.8 Å². The van der Waals surface area contributed by atoms with Gasteiger partial charge in [0.1, 0.15) is 42.3 Å².